The first-order valence-electron chi connectivity index (χ1n) is 3.79. The van der Waals surface area contributed by atoms with Crippen molar-refractivity contribution in [3.05, 3.63) is 33.9 Å². The van der Waals surface area contributed by atoms with Gasteiger partial charge in [-0.3, -0.25) is 0 Å². The Labute approximate surface area is 89.0 Å². The number of hydrogen-bond donors (Lipinski definition) is 2. The topological polar surface area (TPSA) is 40.5 Å². The van der Waals surface area contributed by atoms with Gasteiger partial charge in [0.2, 0.25) is 0 Å². The summed E-state index contributed by atoms with van der Waals surface area (Å²) in [6.07, 6.45) is 0. The van der Waals surface area contributed by atoms with E-state index in [1.165, 1.54) is 0 Å². The van der Waals surface area contributed by atoms with Crippen LogP contribution in [0.4, 0.5) is 0 Å². The number of fused-ring (bicyclic) bond motifs is 1. The Morgan fingerprint density at radius 2 is 1.62 bits per heavy atom. The van der Waals surface area contributed by atoms with Crippen LogP contribution in [0.1, 0.15) is 0 Å². The van der Waals surface area contributed by atoms with Gasteiger partial charge in [-0.25, -0.2) is 0 Å². The second-order valence-corrected chi connectivity index (χ2v) is 3.93. The number of rotatable bonds is 0. The van der Waals surface area contributed by atoms with E-state index in [4.69, 9.17) is 0 Å². The van der Waals surface area contributed by atoms with E-state index in [2.05, 4.69) is 0 Å². The van der Waals surface area contributed by atoms with Crippen molar-refractivity contribution in [3.63, 3.8) is 0 Å². The molecular weight excluding hydrogens is 279 g/mol. The number of benzene rings is 2. The normalized spacial score (nSPS) is 10.5. The molecule has 0 radical (unpaired) electrons. The molecule has 2 rings (SSSR count). The molecule has 0 spiro atoms. The van der Waals surface area contributed by atoms with E-state index < -0.39 is 0 Å². The Hall–Kier alpha value is -0.970. The number of halogens is 1. The van der Waals surface area contributed by atoms with Gasteiger partial charge in [0.05, 0.1) is 3.57 Å². The molecule has 0 aromatic heterocycles. The van der Waals surface area contributed by atoms with E-state index in [-0.39, 0.29) is 11.5 Å². The minimum Gasteiger partial charge on any atom is -0.507 e. The van der Waals surface area contributed by atoms with Gasteiger partial charge in [-0.15, -0.1) is 0 Å². The van der Waals surface area contributed by atoms with Gasteiger partial charge in [0.25, 0.3) is 0 Å². The van der Waals surface area contributed by atoms with Gasteiger partial charge in [0, 0.05) is 10.8 Å². The van der Waals surface area contributed by atoms with Crippen molar-refractivity contribution in [1.29, 1.82) is 0 Å². The molecule has 0 aliphatic carbocycles. The zero-order valence-electron chi connectivity index (χ0n) is 6.66. The van der Waals surface area contributed by atoms with Gasteiger partial charge < -0.3 is 10.2 Å². The van der Waals surface area contributed by atoms with E-state index in [9.17, 15) is 10.2 Å². The molecule has 13 heavy (non-hydrogen) atoms. The summed E-state index contributed by atoms with van der Waals surface area (Å²) in [7, 11) is 0. The van der Waals surface area contributed by atoms with Crippen LogP contribution in [0.2, 0.25) is 0 Å². The largest absolute Gasteiger partial charge is 0.507 e. The highest BCUT2D eigenvalue weighted by Crippen LogP contribution is 2.35. The van der Waals surface area contributed by atoms with Crippen LogP contribution in [0, 0.1) is 3.57 Å². The van der Waals surface area contributed by atoms with Crippen LogP contribution in [0.15, 0.2) is 30.3 Å². The number of phenols is 2. The lowest BCUT2D eigenvalue weighted by molar-refractivity contribution is 0.466. The Morgan fingerprint density at radius 1 is 1.00 bits per heavy atom. The summed E-state index contributed by atoms with van der Waals surface area (Å²) < 4.78 is 0.661. The van der Waals surface area contributed by atoms with Gasteiger partial charge in [0.15, 0.2) is 0 Å². The third kappa shape index (κ3) is 1.33. The van der Waals surface area contributed by atoms with Crippen molar-refractivity contribution in [3.8, 4) is 11.5 Å². The van der Waals surface area contributed by atoms with Gasteiger partial charge >= 0.3 is 0 Å². The van der Waals surface area contributed by atoms with Crippen LogP contribution < -0.4 is 0 Å². The number of hydrogen-bond acceptors (Lipinski definition) is 2. The molecule has 2 aromatic rings. The van der Waals surface area contributed by atoms with Gasteiger partial charge in [0.1, 0.15) is 11.5 Å². The molecule has 2 nitrogen and oxygen atoms in total. The summed E-state index contributed by atoms with van der Waals surface area (Å²) in [4.78, 5) is 0. The first-order valence-corrected chi connectivity index (χ1v) is 4.87. The zero-order chi connectivity index (χ0) is 9.42. The molecule has 2 aromatic carbocycles. The fourth-order valence-corrected chi connectivity index (χ4v) is 1.89. The lowest BCUT2D eigenvalue weighted by Crippen LogP contribution is -1.79. The Morgan fingerprint density at radius 3 is 2.31 bits per heavy atom. The quantitative estimate of drug-likeness (QED) is 0.577. The number of phenolic OH excluding ortho intramolecular Hbond substituents is 2. The lowest BCUT2D eigenvalue weighted by Gasteiger charge is -2.04. The van der Waals surface area contributed by atoms with Crippen LogP contribution in [0.25, 0.3) is 10.8 Å². The van der Waals surface area contributed by atoms with Crippen LogP contribution >= 0.6 is 22.6 Å². The van der Waals surface area contributed by atoms with Crippen LogP contribution in [0.5, 0.6) is 11.5 Å². The monoisotopic (exact) mass is 286 g/mol. The molecule has 0 amide bonds. The molecule has 3 heteroatoms. The van der Waals surface area contributed by atoms with Gasteiger partial charge in [-0.05, 0) is 28.7 Å². The molecule has 0 aliphatic heterocycles. The fourth-order valence-electron chi connectivity index (χ4n) is 1.31. The van der Waals surface area contributed by atoms with E-state index in [1.54, 1.807) is 18.2 Å². The van der Waals surface area contributed by atoms with Crippen molar-refractivity contribution < 1.29 is 10.2 Å². The Bertz CT molecular complexity index is 466. The first-order chi connectivity index (χ1) is 6.20. The predicted octanol–water partition coefficient (Wildman–Crippen LogP) is 2.86. The molecule has 0 atom stereocenters. The predicted molar refractivity (Wildman–Crippen MR) is 60.0 cm³/mol. The van der Waals surface area contributed by atoms with Crippen LogP contribution in [0.3, 0.4) is 0 Å². The van der Waals surface area contributed by atoms with E-state index in [0.717, 1.165) is 0 Å². The summed E-state index contributed by atoms with van der Waals surface area (Å²) in [6.45, 7) is 0. The van der Waals surface area contributed by atoms with Crippen molar-refractivity contribution in [2.45, 2.75) is 0 Å². The zero-order valence-corrected chi connectivity index (χ0v) is 8.82. The Kier molecular flexibility index (Phi) is 2.03. The van der Waals surface area contributed by atoms with E-state index in [0.29, 0.717) is 14.3 Å². The molecule has 0 fully saturated rings. The van der Waals surface area contributed by atoms with Gasteiger partial charge in [-0.2, -0.15) is 0 Å². The molecular formula is C10H7IO2. The standard InChI is InChI=1S/C10H7IO2/c11-8-5-9(12)6-3-1-2-4-7(6)10(8)13/h1-5,12-13H. The van der Waals surface area contributed by atoms with Crippen LogP contribution in [-0.2, 0) is 0 Å². The van der Waals surface area contributed by atoms with Crippen molar-refractivity contribution in [2.75, 3.05) is 0 Å². The highest BCUT2D eigenvalue weighted by molar-refractivity contribution is 14.1. The van der Waals surface area contributed by atoms with E-state index >= 15 is 0 Å². The summed E-state index contributed by atoms with van der Waals surface area (Å²) in [5.41, 5.74) is 0. The SMILES string of the molecule is Oc1cc(I)c(O)c2ccccc12. The highest BCUT2D eigenvalue weighted by atomic mass is 127. The van der Waals surface area contributed by atoms with Crippen molar-refractivity contribution in [1.82, 2.24) is 0 Å². The van der Waals surface area contributed by atoms with Crippen molar-refractivity contribution in [2.24, 2.45) is 0 Å². The summed E-state index contributed by atoms with van der Waals surface area (Å²) >= 11 is 1.99. The molecule has 0 bridgehead atoms. The number of aromatic hydroxyl groups is 2. The van der Waals surface area contributed by atoms with Crippen molar-refractivity contribution >= 4 is 33.4 Å². The second-order valence-electron chi connectivity index (χ2n) is 2.77. The molecule has 2 N–H and O–H groups in total. The lowest BCUT2D eigenvalue weighted by atomic mass is 10.1. The summed E-state index contributed by atoms with van der Waals surface area (Å²) in [5.74, 6) is 0.437. The molecule has 0 saturated carbocycles. The summed E-state index contributed by atoms with van der Waals surface area (Å²) in [5, 5.41) is 20.6. The highest BCUT2D eigenvalue weighted by Gasteiger charge is 2.07. The summed E-state index contributed by atoms with van der Waals surface area (Å²) in [6, 6.07) is 8.77. The minimum atomic E-state index is 0.206. The first kappa shape index (κ1) is 8.62. The van der Waals surface area contributed by atoms with Crippen LogP contribution in [-0.4, -0.2) is 10.2 Å². The second kappa shape index (κ2) is 3.06. The minimum absolute atomic E-state index is 0.206. The third-order valence-corrected chi connectivity index (χ3v) is 2.77. The molecule has 0 unspecified atom stereocenters. The average molecular weight is 286 g/mol. The average Bonchev–Trinajstić information content (AvgIpc) is 2.15. The van der Waals surface area contributed by atoms with Gasteiger partial charge in [-0.1, -0.05) is 24.3 Å². The molecule has 0 saturated heterocycles. The third-order valence-electron chi connectivity index (χ3n) is 1.95. The maximum absolute atomic E-state index is 9.66. The molecule has 0 heterocycles. The maximum atomic E-state index is 9.66. The maximum Gasteiger partial charge on any atom is 0.136 e. The molecule has 66 valence electrons. The Balaban J connectivity index is 2.97. The fraction of sp³-hybridized carbons (Fsp3) is 0. The molecule has 0 aliphatic rings. The smallest absolute Gasteiger partial charge is 0.136 e. The van der Waals surface area contributed by atoms with E-state index in [1.807, 2.05) is 34.7 Å².